The molecule has 0 radical (unpaired) electrons. The summed E-state index contributed by atoms with van der Waals surface area (Å²) >= 11 is 0. The van der Waals surface area contributed by atoms with E-state index in [4.69, 9.17) is 23.7 Å². The van der Waals surface area contributed by atoms with Gasteiger partial charge in [0.25, 0.3) is 0 Å². The van der Waals surface area contributed by atoms with E-state index < -0.39 is 72.8 Å². The van der Waals surface area contributed by atoms with Gasteiger partial charge in [0.1, 0.15) is 41.1 Å². The molecule has 5 rings (SSSR count). The Bertz CT molecular complexity index is 1390. The number of phenols is 3. The van der Waals surface area contributed by atoms with E-state index in [0.29, 0.717) is 12.0 Å². The van der Waals surface area contributed by atoms with Gasteiger partial charge in [-0.25, -0.2) is 9.59 Å². The number of carbonyl (C=O) groups is 2. The predicted molar refractivity (Wildman–Crippen MR) is 141 cm³/mol. The van der Waals surface area contributed by atoms with Crippen LogP contribution in [0.5, 0.6) is 17.2 Å². The third-order valence-electron chi connectivity index (χ3n) is 7.48. The van der Waals surface area contributed by atoms with Crippen LogP contribution in [-0.4, -0.2) is 92.8 Å². The number of benzene rings is 2. The smallest absolute Gasteiger partial charge is 0.343 e. The highest BCUT2D eigenvalue weighted by Gasteiger charge is 2.50. The highest BCUT2D eigenvalue weighted by atomic mass is 16.8. The van der Waals surface area contributed by atoms with Crippen molar-refractivity contribution in [2.75, 3.05) is 13.2 Å². The number of phenolic OH excluding ortho intramolecular Hbond substituents is 3. The second-order valence-electron chi connectivity index (χ2n) is 10.1. The summed E-state index contributed by atoms with van der Waals surface area (Å²) in [5.41, 5.74) is 0.119. The highest BCUT2D eigenvalue weighted by Crippen LogP contribution is 2.40. The molecule has 42 heavy (non-hydrogen) atoms. The molecular weight excluding hydrogens is 556 g/mol. The monoisotopic (exact) mass is 586 g/mol. The summed E-state index contributed by atoms with van der Waals surface area (Å²) in [6.45, 7) is 3.27. The molecule has 0 saturated carbocycles. The number of ether oxygens (including phenoxy) is 5. The molecule has 2 saturated heterocycles. The Balaban J connectivity index is 1.46. The zero-order valence-corrected chi connectivity index (χ0v) is 22.1. The Morgan fingerprint density at radius 1 is 1.07 bits per heavy atom. The molecule has 3 aliphatic rings. The molecule has 8 atom stereocenters. The van der Waals surface area contributed by atoms with E-state index in [9.17, 15) is 40.2 Å². The standard InChI is InChI=1S/C29H30O13/c1-2-16-17-6-7-38-26(36)19(17)12-39-28(16)42-29-25(24(35)23(34)21(11-30)40-29)41-27(37)22-18(9-15(32)10-20(22)33)13-4-3-5-14(31)8-13/h2-5,8-10,12,16-17,21,23-25,28-35H,1,6-7,11H2/t16-,17+,21?,23-,24+,25?,28+,29+/m1/s1. The van der Waals surface area contributed by atoms with Crippen molar-refractivity contribution in [3.63, 3.8) is 0 Å². The number of carbonyl (C=O) groups excluding carboxylic acids is 2. The number of hydrogen-bond donors (Lipinski definition) is 6. The molecule has 0 spiro atoms. The minimum absolute atomic E-state index is 0.00458. The van der Waals surface area contributed by atoms with Crippen LogP contribution in [0.2, 0.25) is 0 Å². The number of aliphatic hydroxyl groups excluding tert-OH is 3. The quantitative estimate of drug-likeness (QED) is 0.199. The van der Waals surface area contributed by atoms with Crippen LogP contribution >= 0.6 is 0 Å². The maximum absolute atomic E-state index is 13.5. The first-order chi connectivity index (χ1) is 20.1. The van der Waals surface area contributed by atoms with Crippen LogP contribution in [-0.2, 0) is 28.5 Å². The lowest BCUT2D eigenvalue weighted by Gasteiger charge is -2.44. The van der Waals surface area contributed by atoms with Gasteiger partial charge in [0, 0.05) is 23.5 Å². The molecular formula is C29H30O13. The Morgan fingerprint density at radius 3 is 2.57 bits per heavy atom. The summed E-state index contributed by atoms with van der Waals surface area (Å²) < 4.78 is 27.9. The Morgan fingerprint density at radius 2 is 1.86 bits per heavy atom. The van der Waals surface area contributed by atoms with E-state index in [1.54, 1.807) is 0 Å². The minimum Gasteiger partial charge on any atom is -0.508 e. The summed E-state index contributed by atoms with van der Waals surface area (Å²) in [5, 5.41) is 61.9. The second-order valence-corrected chi connectivity index (χ2v) is 10.1. The van der Waals surface area contributed by atoms with E-state index in [1.165, 1.54) is 42.7 Å². The third kappa shape index (κ3) is 5.52. The lowest BCUT2D eigenvalue weighted by Crippen LogP contribution is -2.61. The number of rotatable bonds is 7. The van der Waals surface area contributed by atoms with Gasteiger partial charge in [0.05, 0.1) is 25.0 Å². The van der Waals surface area contributed by atoms with Gasteiger partial charge in [-0.05, 0) is 30.2 Å². The van der Waals surface area contributed by atoms with Gasteiger partial charge >= 0.3 is 11.9 Å². The first kappa shape index (κ1) is 29.4. The highest BCUT2D eigenvalue weighted by molar-refractivity contribution is 6.00. The van der Waals surface area contributed by atoms with Gasteiger partial charge < -0.3 is 54.3 Å². The van der Waals surface area contributed by atoms with E-state index in [-0.39, 0.29) is 35.2 Å². The molecule has 2 aromatic rings. The van der Waals surface area contributed by atoms with Crippen molar-refractivity contribution in [2.45, 2.75) is 43.4 Å². The normalized spacial score (nSPS) is 30.7. The molecule has 6 N–H and O–H groups in total. The van der Waals surface area contributed by atoms with Crippen LogP contribution in [0.4, 0.5) is 0 Å². The minimum atomic E-state index is -1.82. The fraction of sp³-hybridized carbons (Fsp3) is 0.379. The van der Waals surface area contributed by atoms with Crippen LogP contribution in [0.1, 0.15) is 16.8 Å². The average Bonchev–Trinajstić information content (AvgIpc) is 2.96. The van der Waals surface area contributed by atoms with Crippen molar-refractivity contribution in [2.24, 2.45) is 11.8 Å². The SMILES string of the molecule is C=C[C@H]1[C@H](O[C@@H]2OC(CO)[C@@H](O)[C@H](O)C2OC(=O)c2c(O)cc(O)cc2-c2cccc(O)c2)OC=C2C(=O)OCC[C@H]21. The number of fused-ring (bicyclic) bond motifs is 1. The largest absolute Gasteiger partial charge is 0.508 e. The molecule has 0 bridgehead atoms. The zero-order valence-electron chi connectivity index (χ0n) is 22.1. The molecule has 2 aromatic carbocycles. The van der Waals surface area contributed by atoms with Crippen molar-refractivity contribution < 1.29 is 63.9 Å². The van der Waals surface area contributed by atoms with Crippen molar-refractivity contribution in [1.29, 1.82) is 0 Å². The molecule has 3 aliphatic heterocycles. The van der Waals surface area contributed by atoms with Crippen LogP contribution in [0.3, 0.4) is 0 Å². The van der Waals surface area contributed by atoms with Crippen LogP contribution in [0.25, 0.3) is 11.1 Å². The van der Waals surface area contributed by atoms with E-state index >= 15 is 0 Å². The molecule has 13 nitrogen and oxygen atoms in total. The molecule has 13 heteroatoms. The number of hydrogen-bond acceptors (Lipinski definition) is 13. The summed E-state index contributed by atoms with van der Waals surface area (Å²) in [4.78, 5) is 25.7. The third-order valence-corrected chi connectivity index (χ3v) is 7.48. The van der Waals surface area contributed by atoms with Crippen molar-refractivity contribution in [3.05, 3.63) is 66.5 Å². The molecule has 2 fully saturated rings. The van der Waals surface area contributed by atoms with Crippen LogP contribution in [0.15, 0.2) is 60.9 Å². The Kier molecular flexibility index (Phi) is 8.38. The second kappa shape index (κ2) is 12.0. The lowest BCUT2D eigenvalue weighted by molar-refractivity contribution is -0.338. The van der Waals surface area contributed by atoms with Gasteiger partial charge in [-0.15, -0.1) is 6.58 Å². The summed E-state index contributed by atoms with van der Waals surface area (Å²) in [7, 11) is 0. The Hall–Kier alpha value is -4.14. The Labute approximate surface area is 239 Å². The maximum Gasteiger partial charge on any atom is 0.343 e. The van der Waals surface area contributed by atoms with Crippen molar-refractivity contribution in [1.82, 2.24) is 0 Å². The molecule has 2 unspecified atom stereocenters. The first-order valence-electron chi connectivity index (χ1n) is 13.1. The first-order valence-corrected chi connectivity index (χ1v) is 13.1. The number of aromatic hydroxyl groups is 3. The van der Waals surface area contributed by atoms with E-state index in [2.05, 4.69) is 6.58 Å². The van der Waals surface area contributed by atoms with Crippen molar-refractivity contribution >= 4 is 11.9 Å². The fourth-order valence-electron chi connectivity index (χ4n) is 5.36. The predicted octanol–water partition coefficient (Wildman–Crippen LogP) is 1.06. The lowest BCUT2D eigenvalue weighted by atomic mass is 9.81. The molecule has 3 heterocycles. The molecule has 224 valence electrons. The van der Waals surface area contributed by atoms with Crippen molar-refractivity contribution in [3.8, 4) is 28.4 Å². The molecule has 0 aromatic heterocycles. The van der Waals surface area contributed by atoms with Crippen LogP contribution in [0, 0.1) is 11.8 Å². The maximum atomic E-state index is 13.5. The summed E-state index contributed by atoms with van der Waals surface area (Å²) in [6, 6.07) is 7.77. The van der Waals surface area contributed by atoms with Gasteiger partial charge in [-0.3, -0.25) is 0 Å². The van der Waals surface area contributed by atoms with E-state index in [0.717, 1.165) is 6.07 Å². The summed E-state index contributed by atoms with van der Waals surface area (Å²) in [6.07, 6.45) is -6.13. The van der Waals surface area contributed by atoms with E-state index in [1.807, 2.05) is 0 Å². The number of cyclic esters (lactones) is 1. The number of aliphatic hydroxyl groups is 3. The topological polar surface area (TPSA) is 202 Å². The average molecular weight is 587 g/mol. The molecule has 0 aliphatic carbocycles. The summed E-state index contributed by atoms with van der Waals surface area (Å²) in [5.74, 6) is -3.88. The van der Waals surface area contributed by atoms with Gasteiger partial charge in [-0.1, -0.05) is 18.2 Å². The number of esters is 2. The molecule has 0 amide bonds. The fourth-order valence-corrected chi connectivity index (χ4v) is 5.36. The van der Waals surface area contributed by atoms with Gasteiger partial charge in [0.15, 0.2) is 6.10 Å². The zero-order chi connectivity index (χ0) is 30.1. The van der Waals surface area contributed by atoms with Gasteiger partial charge in [0.2, 0.25) is 12.6 Å². The van der Waals surface area contributed by atoms with Gasteiger partial charge in [-0.2, -0.15) is 0 Å². The van der Waals surface area contributed by atoms with Crippen LogP contribution < -0.4 is 0 Å².